The smallest absolute Gasteiger partial charge is 0 e. The van der Waals surface area contributed by atoms with E-state index < -0.39 is 0 Å². The Kier molecular flexibility index (Phi) is 74000000. The summed E-state index contributed by atoms with van der Waals surface area (Å²) >= 11 is 0. The van der Waals surface area contributed by atoms with Crippen molar-refractivity contribution in [2.45, 2.75) is 104 Å². The summed E-state index contributed by atoms with van der Waals surface area (Å²) in [5.74, 6) is 0. The summed E-state index contributed by atoms with van der Waals surface area (Å²) in [6, 6.07) is 0. The summed E-state index contributed by atoms with van der Waals surface area (Å²) in [7, 11) is 0. The van der Waals surface area contributed by atoms with Crippen LogP contribution in [0.2, 0.25) is 0 Å². The van der Waals surface area contributed by atoms with Crippen molar-refractivity contribution in [2.24, 2.45) is 0 Å². The number of rotatable bonds is 0. The van der Waals surface area contributed by atoms with Crippen LogP contribution in [0.4, 0.5) is 0 Å². The molecule has 0 rings (SSSR count). The molecule has 0 aliphatic carbocycles. The third-order valence-corrected chi connectivity index (χ3v) is 0. The van der Waals surface area contributed by atoms with Crippen molar-refractivity contribution in [2.75, 3.05) is 0 Å². The molecule has 0 aliphatic heterocycles. The van der Waals surface area contributed by atoms with Gasteiger partial charge in [0.25, 0.3) is 0 Å². The molecule has 0 aliphatic rings. The number of carbonyl (C=O) groups excluding carboxylic acids is 4. The molecule has 0 amide bonds. The van der Waals surface area contributed by atoms with Crippen LogP contribution in [0.25, 0.3) is 0 Å². The minimum atomic E-state index is 0. The Balaban J connectivity index is -0.000000000857. The molecule has 0 aromatic heterocycles. The van der Waals surface area contributed by atoms with Gasteiger partial charge in [0, 0.05) is 11.4 Å². The third kappa shape index (κ3) is 2360. The number of hydrogen-bond acceptors (Lipinski definition) is 6. The Bertz CT molecular complexity index is 120. The maximum Gasteiger partial charge on any atom is 0 e. The van der Waals surface area contributed by atoms with Crippen LogP contribution in [0.15, 0.2) is 0 Å². The first-order valence-corrected chi connectivity index (χ1v) is 1.19. The van der Waals surface area contributed by atoms with Crippen LogP contribution < -0.4 is 0 Å². The molecular formula is C17H60O8. The maximum absolute atomic E-state index is 8.12. The second-order valence-electron chi connectivity index (χ2n) is 0.167. The van der Waals surface area contributed by atoms with Crippen LogP contribution in [0.3, 0.4) is 0 Å². The van der Waals surface area contributed by atoms with E-state index >= 15 is 0 Å². The van der Waals surface area contributed by atoms with E-state index in [-0.39, 0.29) is 123 Å². The molecule has 0 heterocycles. The van der Waals surface area contributed by atoms with E-state index in [0.29, 0.717) is 0 Å². The summed E-state index contributed by atoms with van der Waals surface area (Å²) in [5.41, 5.74) is 0. The average Bonchev–Trinajstić information content (AvgIpc) is 1.99. The van der Waals surface area contributed by atoms with Crippen LogP contribution in [-0.2, 0) is 23.8 Å². The van der Waals surface area contributed by atoms with E-state index in [1.165, 1.54) is 0 Å². The summed E-state index contributed by atoms with van der Waals surface area (Å²) in [6.07, 6.45) is 0.500. The monoisotopic (exact) mass is 392 g/mol. The van der Waals surface area contributed by atoms with Crippen LogP contribution in [0.1, 0.15) is 105 Å². The summed E-state index contributed by atoms with van der Waals surface area (Å²) in [6.45, 7) is 4.50. The van der Waals surface area contributed by atoms with E-state index in [2.05, 4.69) is 6.65 Å². The average molecular weight is 393 g/mol. The minimum absolute atomic E-state index is 0. The van der Waals surface area contributed by atoms with Crippen LogP contribution in [-0.4, -0.2) is 17.8 Å². The molecule has 0 radical (unpaired) electrons. The third-order valence-electron chi connectivity index (χ3n) is 0. The first-order chi connectivity index (χ1) is 4.83. The molecule has 0 saturated carbocycles. The molecule has 25 heavy (non-hydrogen) atoms. The van der Waals surface area contributed by atoms with Gasteiger partial charge in [-0.2, -0.15) is 19.2 Å². The molecule has 0 unspecified atom stereocenters. The standard InChI is InChI=1S/2CO2.CO.14CH4.O2.H2O.H2/c2*2-1-3;1-2;;;;;;;;;;;;;;;1-2;;/h;;;14*1H4;;1H2;1H. The zero-order valence-electron chi connectivity index (χ0n) is 4.86. The van der Waals surface area contributed by atoms with Gasteiger partial charge >= 0.3 is 23.6 Å². The van der Waals surface area contributed by atoms with Gasteiger partial charge < -0.3 is 5.48 Å². The fourth-order valence-corrected chi connectivity index (χ4v) is 0. The van der Waals surface area contributed by atoms with Gasteiger partial charge in [-0.15, -0.1) is 0 Å². The fraction of sp³-hybridized carbons (Fsp3) is 0.824. The van der Waals surface area contributed by atoms with Crippen molar-refractivity contribution in [3.63, 3.8) is 0 Å². The zero-order valence-corrected chi connectivity index (χ0v) is 4.86. The van der Waals surface area contributed by atoms with Crippen molar-refractivity contribution >= 4 is 12.3 Å². The second-order valence-corrected chi connectivity index (χ2v) is 0.167. The van der Waals surface area contributed by atoms with Gasteiger partial charge in [-0.05, 0) is 0 Å². The van der Waals surface area contributed by atoms with E-state index in [1.807, 2.05) is 0 Å². The number of hydrogen-bond donors (Lipinski definition) is 0. The van der Waals surface area contributed by atoms with Crippen LogP contribution >= 0.6 is 0 Å². The second kappa shape index (κ2) is 2720000. The molecule has 176 valence electrons. The summed E-state index contributed by atoms with van der Waals surface area (Å²) in [4.78, 5) is 46.5. The Labute approximate surface area is 164 Å². The van der Waals surface area contributed by atoms with Gasteiger partial charge in [-0.25, -0.2) is 0 Å². The topological polar surface area (TPSA) is 154 Å². The van der Waals surface area contributed by atoms with Crippen molar-refractivity contribution < 1.29 is 30.7 Å². The Morgan fingerprint density at radius 2 is 0.440 bits per heavy atom. The zero-order chi connectivity index (χ0) is 9.41. The molecule has 0 aromatic rings. The van der Waals surface area contributed by atoms with Crippen molar-refractivity contribution in [1.29, 1.82) is 0 Å². The predicted octanol–water partition coefficient (Wildman–Crippen LogP) is 7.19. The van der Waals surface area contributed by atoms with Gasteiger partial charge in [-0.3, -0.25) is 0 Å². The molecule has 0 bridgehead atoms. The van der Waals surface area contributed by atoms with Crippen molar-refractivity contribution in [1.82, 2.24) is 0 Å². The molecular weight excluding hydrogens is 332 g/mol. The van der Waals surface area contributed by atoms with Crippen molar-refractivity contribution in [3.8, 4) is 0 Å². The molecule has 0 fully saturated rings. The molecule has 0 spiro atoms. The van der Waals surface area contributed by atoms with Gasteiger partial charge in [0.2, 0.25) is 0 Å². The Morgan fingerprint density at radius 1 is 0.440 bits per heavy atom. The Hall–Kier alpha value is -1.94. The largest absolute Gasteiger partial charge is 0 e. The predicted molar refractivity (Wildman–Crippen MR) is 121 cm³/mol. The first kappa shape index (κ1) is 681. The molecule has 0 aromatic carbocycles. The molecule has 0 atom stereocenters. The van der Waals surface area contributed by atoms with E-state index in [4.69, 9.17) is 33.8 Å². The normalized spacial score (nSPS) is 0.880. The van der Waals surface area contributed by atoms with Crippen LogP contribution in [0, 0.1) is 16.6 Å². The Morgan fingerprint density at radius 3 is 0.440 bits per heavy atom. The van der Waals surface area contributed by atoms with Gasteiger partial charge in [-0.1, -0.05) is 104 Å². The SMILES string of the molecule is C.C.C.C.C.C.C.C.C.C.C.C.C.C.O.O=C=O.O=C=O.O=O.[C-]#[O+].[HH]. The molecule has 0 saturated heterocycles. The first-order valence-electron chi connectivity index (χ1n) is 1.19. The van der Waals surface area contributed by atoms with Crippen LogP contribution in [0.5, 0.6) is 0 Å². The van der Waals surface area contributed by atoms with Gasteiger partial charge in [0.1, 0.15) is 0 Å². The van der Waals surface area contributed by atoms with E-state index in [0.717, 1.165) is 0 Å². The van der Waals surface area contributed by atoms with E-state index in [1.54, 1.807) is 0 Å². The minimum Gasteiger partial charge on any atom is 0 e. The molecule has 8 heteroatoms. The summed E-state index contributed by atoms with van der Waals surface area (Å²) in [5, 5.41) is 0. The summed E-state index contributed by atoms with van der Waals surface area (Å²) < 4.78 is 7.50. The van der Waals surface area contributed by atoms with Gasteiger partial charge in [0.05, 0.1) is 0 Å². The maximum atomic E-state index is 8.12. The van der Waals surface area contributed by atoms with E-state index in [9.17, 15) is 0 Å². The fourth-order valence-electron chi connectivity index (χ4n) is 0. The quantitative estimate of drug-likeness (QED) is 0.313. The molecule has 2 N–H and O–H groups in total. The molecule has 8 nitrogen and oxygen atoms in total. The van der Waals surface area contributed by atoms with Crippen molar-refractivity contribution in [3.05, 3.63) is 16.6 Å². The van der Waals surface area contributed by atoms with Gasteiger partial charge in [0.15, 0.2) is 0 Å².